The van der Waals surface area contributed by atoms with E-state index in [-0.39, 0.29) is 12.5 Å². The molecule has 4 unspecified atom stereocenters. The number of ether oxygens (including phenoxy) is 3. The first-order valence-corrected chi connectivity index (χ1v) is 13.2. The number of nitrogens with one attached hydrogen (secondary N) is 1. The molecule has 0 saturated carbocycles. The maximum absolute atomic E-state index is 13.5. The molecule has 2 aliphatic heterocycles. The van der Waals surface area contributed by atoms with Gasteiger partial charge in [-0.05, 0) is 11.5 Å². The first kappa shape index (κ1) is 30.1. The van der Waals surface area contributed by atoms with E-state index in [1.165, 1.54) is 6.92 Å². The van der Waals surface area contributed by atoms with Crippen molar-refractivity contribution in [3.05, 3.63) is 35.9 Å². The van der Waals surface area contributed by atoms with Gasteiger partial charge in [-0.3, -0.25) is 19.2 Å². The summed E-state index contributed by atoms with van der Waals surface area (Å²) >= 11 is 0.906. The van der Waals surface area contributed by atoms with Crippen molar-refractivity contribution in [1.82, 2.24) is 9.62 Å². The van der Waals surface area contributed by atoms with Crippen LogP contribution in [0.3, 0.4) is 0 Å². The van der Waals surface area contributed by atoms with E-state index in [1.807, 2.05) is 20.8 Å². The van der Waals surface area contributed by atoms with Crippen molar-refractivity contribution in [2.45, 2.75) is 78.7 Å². The average molecular weight is 563 g/mol. The van der Waals surface area contributed by atoms with Crippen molar-refractivity contribution in [3.8, 4) is 0 Å². The molecule has 1 fully saturated rings. The Labute approximate surface area is 231 Å². The van der Waals surface area contributed by atoms with Gasteiger partial charge in [0.1, 0.15) is 0 Å². The fourth-order valence-corrected chi connectivity index (χ4v) is 4.92. The number of carbonyl (C=O) groups excluding carboxylic acids is 5. The van der Waals surface area contributed by atoms with E-state index in [0.29, 0.717) is 10.6 Å². The number of nitrogens with zero attached hydrogens (tertiary/aromatic N) is 2. The Morgan fingerprint density at radius 1 is 1.23 bits per heavy atom. The molecule has 2 aliphatic rings. The summed E-state index contributed by atoms with van der Waals surface area (Å²) in [5.41, 5.74) is 5.72. The van der Waals surface area contributed by atoms with E-state index in [2.05, 4.69) is 10.3 Å². The minimum Gasteiger partial charge on any atom is -0.437 e. The number of carbonyl (C=O) groups is 5. The summed E-state index contributed by atoms with van der Waals surface area (Å²) in [4.78, 5) is 68.1. The van der Waals surface area contributed by atoms with Gasteiger partial charge in [0.15, 0.2) is 12.3 Å². The summed E-state index contributed by atoms with van der Waals surface area (Å²) in [6.07, 6.45) is -4.40. The molecule has 212 valence electrons. The number of primary amides is 1. The Morgan fingerprint density at radius 2 is 1.87 bits per heavy atom. The lowest BCUT2D eigenvalue weighted by Crippen LogP contribution is -2.56. The molecule has 39 heavy (non-hydrogen) atoms. The number of esters is 1. The fourth-order valence-electron chi connectivity index (χ4n) is 3.95. The number of hydrogen-bond acceptors (Lipinski definition) is 10. The van der Waals surface area contributed by atoms with Crippen molar-refractivity contribution >= 4 is 46.7 Å². The van der Waals surface area contributed by atoms with Crippen LogP contribution in [-0.4, -0.2) is 63.1 Å². The van der Waals surface area contributed by atoms with Crippen LogP contribution >= 0.6 is 11.9 Å². The van der Waals surface area contributed by atoms with Gasteiger partial charge in [0.25, 0.3) is 5.91 Å². The number of aliphatic imine (C=N–C) groups is 1. The molecule has 0 radical (unpaired) electrons. The van der Waals surface area contributed by atoms with Crippen LogP contribution in [0.1, 0.15) is 53.5 Å². The van der Waals surface area contributed by atoms with Gasteiger partial charge >= 0.3 is 17.8 Å². The van der Waals surface area contributed by atoms with Crippen LogP contribution in [0.2, 0.25) is 0 Å². The van der Waals surface area contributed by atoms with Crippen LogP contribution in [-0.2, 0) is 40.0 Å². The summed E-state index contributed by atoms with van der Waals surface area (Å²) < 4.78 is 17.5. The molecule has 0 spiro atoms. The summed E-state index contributed by atoms with van der Waals surface area (Å²) in [6.45, 7) is 10.2. The Balaban J connectivity index is 1.88. The third kappa shape index (κ3) is 6.77. The summed E-state index contributed by atoms with van der Waals surface area (Å²) in [7, 11) is 0. The smallest absolute Gasteiger partial charge is 0.423 e. The quantitative estimate of drug-likeness (QED) is 0.339. The van der Waals surface area contributed by atoms with E-state index in [0.717, 1.165) is 16.3 Å². The molecule has 0 bridgehead atoms. The molecule has 0 aliphatic carbocycles. The highest BCUT2D eigenvalue weighted by Gasteiger charge is 2.59. The lowest BCUT2D eigenvalue weighted by Gasteiger charge is -2.31. The fraction of sp³-hybridized carbons (Fsp3) is 0.538. The van der Waals surface area contributed by atoms with Crippen LogP contribution in [0.25, 0.3) is 0 Å². The molecule has 13 heteroatoms. The molecule has 3 N–H and O–H groups in total. The monoisotopic (exact) mass is 562 g/mol. The molecule has 1 aromatic rings. The summed E-state index contributed by atoms with van der Waals surface area (Å²) in [6, 6.07) is 7.84. The third-order valence-corrected chi connectivity index (χ3v) is 7.41. The maximum atomic E-state index is 13.5. The average Bonchev–Trinajstić information content (AvgIpc) is 3.43. The van der Waals surface area contributed by atoms with Crippen molar-refractivity contribution in [2.75, 3.05) is 0 Å². The number of hydrogen-bond donors (Lipinski definition) is 2. The summed E-state index contributed by atoms with van der Waals surface area (Å²) in [5, 5.41) is 3.09. The lowest BCUT2D eigenvalue weighted by atomic mass is 9.96. The SMILES string of the molecule is CC(=O)NC(C(=O)C1N=C(C(C)(C)C)SN1C(=O)OC1CC(=O)OC1(OCc1ccccc1)C(N)=O)C(C)C. The zero-order chi connectivity index (χ0) is 29.1. The van der Waals surface area contributed by atoms with Gasteiger partial charge in [-0.15, -0.1) is 0 Å². The Morgan fingerprint density at radius 3 is 2.41 bits per heavy atom. The van der Waals surface area contributed by atoms with E-state index >= 15 is 0 Å². The molecule has 2 heterocycles. The Kier molecular flexibility index (Phi) is 9.06. The second kappa shape index (κ2) is 11.7. The van der Waals surface area contributed by atoms with Crippen LogP contribution in [0, 0.1) is 11.3 Å². The van der Waals surface area contributed by atoms with Crippen molar-refractivity contribution < 1.29 is 38.2 Å². The highest BCUT2D eigenvalue weighted by molar-refractivity contribution is 8.12. The maximum Gasteiger partial charge on any atom is 0.423 e. The van der Waals surface area contributed by atoms with Gasteiger partial charge in [0.05, 0.1) is 24.1 Å². The first-order valence-electron chi connectivity index (χ1n) is 12.4. The molecule has 12 nitrogen and oxygen atoms in total. The number of rotatable bonds is 9. The van der Waals surface area contributed by atoms with Crippen molar-refractivity contribution in [3.63, 3.8) is 0 Å². The van der Waals surface area contributed by atoms with Crippen molar-refractivity contribution in [1.29, 1.82) is 0 Å². The largest absolute Gasteiger partial charge is 0.437 e. The highest BCUT2D eigenvalue weighted by atomic mass is 32.2. The Bertz CT molecular complexity index is 1170. The topological polar surface area (TPSA) is 167 Å². The predicted octanol–water partition coefficient (Wildman–Crippen LogP) is 2.30. The van der Waals surface area contributed by atoms with Gasteiger partial charge in [-0.25, -0.2) is 14.1 Å². The minimum absolute atomic E-state index is 0.158. The molecular formula is C26H34N4O8S. The highest BCUT2D eigenvalue weighted by Crippen LogP contribution is 2.38. The number of nitrogens with two attached hydrogens (primary N) is 1. The van der Waals surface area contributed by atoms with Crippen LogP contribution in [0.15, 0.2) is 35.3 Å². The number of Topliss-reactive ketones (excluding diaryl/α,β-unsaturated/α-hetero) is 1. The second-order valence-electron chi connectivity index (χ2n) is 10.7. The zero-order valence-corrected chi connectivity index (χ0v) is 23.6. The van der Waals surface area contributed by atoms with Crippen LogP contribution < -0.4 is 11.1 Å². The van der Waals surface area contributed by atoms with E-state index in [9.17, 15) is 24.0 Å². The second-order valence-corrected chi connectivity index (χ2v) is 11.6. The first-order chi connectivity index (χ1) is 18.2. The number of amides is 3. The number of ketones is 1. The van der Waals surface area contributed by atoms with E-state index < -0.39 is 65.6 Å². The molecule has 0 aromatic heterocycles. The zero-order valence-electron chi connectivity index (χ0n) is 22.8. The van der Waals surface area contributed by atoms with Crippen LogP contribution in [0.4, 0.5) is 4.79 Å². The van der Waals surface area contributed by atoms with Gasteiger partial charge in [0.2, 0.25) is 11.7 Å². The third-order valence-electron chi connectivity index (χ3n) is 5.98. The number of cyclic esters (lactones) is 1. The molecule has 4 atom stereocenters. The van der Waals surface area contributed by atoms with Gasteiger partial charge in [-0.1, -0.05) is 65.0 Å². The molecule has 3 amide bonds. The Hall–Kier alpha value is -3.45. The predicted molar refractivity (Wildman–Crippen MR) is 142 cm³/mol. The van der Waals surface area contributed by atoms with Crippen molar-refractivity contribution in [2.24, 2.45) is 22.1 Å². The van der Waals surface area contributed by atoms with E-state index in [1.54, 1.807) is 44.2 Å². The minimum atomic E-state index is -2.36. The number of benzene rings is 1. The molecule has 3 rings (SSSR count). The van der Waals surface area contributed by atoms with E-state index in [4.69, 9.17) is 19.9 Å². The normalized spacial score (nSPS) is 23.7. The van der Waals surface area contributed by atoms with Gasteiger partial charge in [0, 0.05) is 24.3 Å². The molecular weight excluding hydrogens is 528 g/mol. The molecule has 1 aromatic carbocycles. The summed E-state index contributed by atoms with van der Waals surface area (Å²) in [5.74, 6) is -5.60. The van der Waals surface area contributed by atoms with Gasteiger partial charge < -0.3 is 25.3 Å². The molecule has 1 saturated heterocycles. The van der Waals surface area contributed by atoms with Gasteiger partial charge in [-0.2, -0.15) is 0 Å². The van der Waals surface area contributed by atoms with Crippen LogP contribution in [0.5, 0.6) is 0 Å². The standard InChI is InChI=1S/C26H34N4O8S/c1-14(2)19(28-15(3)31)20(33)21-29-23(25(4,5)6)39-30(21)24(35)37-17-12-18(32)38-26(17,22(27)34)36-13-16-10-8-7-9-11-16/h7-11,14,17,19,21H,12-13H2,1-6H3,(H2,27,34)(H,28,31). The lowest BCUT2D eigenvalue weighted by molar-refractivity contribution is -0.237.